The molecular weight excluding hydrogens is 86.1 g/mol. The zero-order valence-electron chi connectivity index (χ0n) is 4.22. The van der Waals surface area contributed by atoms with Crippen LogP contribution >= 0.6 is 0 Å². The van der Waals surface area contributed by atoms with Crippen LogP contribution in [0, 0.1) is 0 Å². The lowest BCUT2D eigenvalue weighted by Crippen LogP contribution is -1.75. The van der Waals surface area contributed by atoms with E-state index in [4.69, 9.17) is 5.73 Å². The van der Waals surface area contributed by atoms with Gasteiger partial charge in [0.15, 0.2) is 0 Å². The Balaban J connectivity index is 3.58. The van der Waals surface area contributed by atoms with Gasteiger partial charge in [-0.15, -0.1) is 0 Å². The maximum absolute atomic E-state index is 5.02. The highest BCUT2D eigenvalue weighted by atomic mass is 14.5. The van der Waals surface area contributed by atoms with Crippen LogP contribution in [0.5, 0.6) is 0 Å². The minimum absolute atomic E-state index is 0.836. The maximum Gasteiger partial charge on any atom is -0.00566 e. The molecule has 0 aromatic heterocycles. The molecule has 1 nitrogen and oxygen atoms in total. The number of hydrogen-bond acceptors (Lipinski definition) is 1. The zero-order chi connectivity index (χ0) is 5.70. The Bertz CT molecular complexity index is 101. The van der Waals surface area contributed by atoms with Crippen molar-refractivity contribution in [1.82, 2.24) is 0 Å². The number of rotatable bonds is 2. The first-order chi connectivity index (χ1) is 3.31. The monoisotopic (exact) mass is 95.1 g/mol. The Kier molecular flexibility index (Phi) is 2.77. The molecule has 0 rings (SSSR count). The minimum atomic E-state index is 0.836. The molecule has 2 N–H and O–H groups in total. The van der Waals surface area contributed by atoms with Crippen LogP contribution in [-0.2, 0) is 0 Å². The molecule has 0 bridgehead atoms. The Morgan fingerprint density at radius 3 is 2.29 bits per heavy atom. The fourth-order valence-electron chi connectivity index (χ4n) is 0.192. The van der Waals surface area contributed by atoms with Gasteiger partial charge in [-0.25, -0.2) is 0 Å². The van der Waals surface area contributed by atoms with E-state index < -0.39 is 0 Å². The molecule has 0 aliphatic carbocycles. The van der Waals surface area contributed by atoms with Crippen LogP contribution in [0.15, 0.2) is 37.1 Å². The summed E-state index contributed by atoms with van der Waals surface area (Å²) >= 11 is 0. The molecule has 0 unspecified atom stereocenters. The standard InChI is InChI=1S/C6H9N/c1-3-6(2)4-5-7/h3-5H,1-2,7H2/b5-4-. The highest BCUT2D eigenvalue weighted by molar-refractivity contribution is 5.24. The summed E-state index contributed by atoms with van der Waals surface area (Å²) in [5.74, 6) is 0. The Morgan fingerprint density at radius 2 is 2.14 bits per heavy atom. The van der Waals surface area contributed by atoms with Crippen molar-refractivity contribution < 1.29 is 0 Å². The second-order valence-corrected chi connectivity index (χ2v) is 1.14. The summed E-state index contributed by atoms with van der Waals surface area (Å²) in [5.41, 5.74) is 5.85. The predicted octanol–water partition coefficient (Wildman–Crippen LogP) is 1.20. The second kappa shape index (κ2) is 3.22. The number of hydrogen-bond donors (Lipinski definition) is 1. The zero-order valence-corrected chi connectivity index (χ0v) is 4.22. The summed E-state index contributed by atoms with van der Waals surface area (Å²) in [6.07, 6.45) is 4.76. The molecule has 0 aromatic carbocycles. The summed E-state index contributed by atoms with van der Waals surface area (Å²) < 4.78 is 0. The van der Waals surface area contributed by atoms with Gasteiger partial charge in [0.25, 0.3) is 0 Å². The van der Waals surface area contributed by atoms with E-state index in [2.05, 4.69) is 13.2 Å². The van der Waals surface area contributed by atoms with Crippen molar-refractivity contribution in [3.8, 4) is 0 Å². The Labute approximate surface area is 43.8 Å². The van der Waals surface area contributed by atoms with Crippen molar-refractivity contribution in [2.24, 2.45) is 5.73 Å². The highest BCUT2D eigenvalue weighted by Crippen LogP contribution is 1.88. The molecular formula is C6H9N. The third-order valence-electron chi connectivity index (χ3n) is 0.572. The molecule has 0 heterocycles. The van der Waals surface area contributed by atoms with Crippen LogP contribution in [0.1, 0.15) is 0 Å². The molecule has 0 fully saturated rings. The summed E-state index contributed by atoms with van der Waals surface area (Å²) in [6.45, 7) is 7.05. The van der Waals surface area contributed by atoms with Crippen LogP contribution in [0.2, 0.25) is 0 Å². The molecule has 0 aliphatic heterocycles. The van der Waals surface area contributed by atoms with Crippen molar-refractivity contribution in [1.29, 1.82) is 0 Å². The molecule has 0 radical (unpaired) electrons. The predicted molar refractivity (Wildman–Crippen MR) is 32.7 cm³/mol. The van der Waals surface area contributed by atoms with Gasteiger partial charge in [0.2, 0.25) is 0 Å². The van der Waals surface area contributed by atoms with Crippen molar-refractivity contribution >= 4 is 0 Å². The van der Waals surface area contributed by atoms with Crippen molar-refractivity contribution in [2.45, 2.75) is 0 Å². The first-order valence-electron chi connectivity index (χ1n) is 2.01. The van der Waals surface area contributed by atoms with Gasteiger partial charge in [0.1, 0.15) is 0 Å². The van der Waals surface area contributed by atoms with E-state index in [1.165, 1.54) is 6.20 Å². The lowest BCUT2D eigenvalue weighted by molar-refractivity contribution is 1.57. The van der Waals surface area contributed by atoms with E-state index in [0.29, 0.717) is 0 Å². The molecule has 7 heavy (non-hydrogen) atoms. The molecule has 0 aliphatic rings. The third kappa shape index (κ3) is 2.83. The molecule has 0 spiro atoms. The summed E-state index contributed by atoms with van der Waals surface area (Å²) in [6, 6.07) is 0. The van der Waals surface area contributed by atoms with Gasteiger partial charge in [-0.3, -0.25) is 0 Å². The summed E-state index contributed by atoms with van der Waals surface area (Å²) in [4.78, 5) is 0. The second-order valence-electron chi connectivity index (χ2n) is 1.14. The van der Waals surface area contributed by atoms with E-state index in [0.717, 1.165) is 5.57 Å². The van der Waals surface area contributed by atoms with Crippen LogP contribution in [-0.4, -0.2) is 0 Å². The molecule has 0 amide bonds. The van der Waals surface area contributed by atoms with Crippen LogP contribution < -0.4 is 5.73 Å². The van der Waals surface area contributed by atoms with Crippen molar-refractivity contribution in [3.63, 3.8) is 0 Å². The van der Waals surface area contributed by atoms with Gasteiger partial charge in [-0.2, -0.15) is 0 Å². The normalized spacial score (nSPS) is 9.14. The van der Waals surface area contributed by atoms with E-state index in [9.17, 15) is 0 Å². The number of nitrogens with two attached hydrogens (primary N) is 1. The van der Waals surface area contributed by atoms with Crippen molar-refractivity contribution in [2.75, 3.05) is 0 Å². The average molecular weight is 95.1 g/mol. The minimum Gasteiger partial charge on any atom is -0.405 e. The van der Waals surface area contributed by atoms with E-state index in [1.54, 1.807) is 12.2 Å². The van der Waals surface area contributed by atoms with E-state index in [1.807, 2.05) is 0 Å². The molecule has 0 aromatic rings. The van der Waals surface area contributed by atoms with E-state index in [-0.39, 0.29) is 0 Å². The lowest BCUT2D eigenvalue weighted by Gasteiger charge is -1.79. The number of allylic oxidation sites excluding steroid dienone is 3. The first-order valence-corrected chi connectivity index (χ1v) is 2.01. The highest BCUT2D eigenvalue weighted by Gasteiger charge is 1.69. The van der Waals surface area contributed by atoms with Gasteiger partial charge in [-0.1, -0.05) is 19.2 Å². The van der Waals surface area contributed by atoms with E-state index >= 15 is 0 Å². The first kappa shape index (κ1) is 6.02. The van der Waals surface area contributed by atoms with Gasteiger partial charge in [-0.05, 0) is 17.8 Å². The quantitative estimate of drug-likeness (QED) is 0.512. The van der Waals surface area contributed by atoms with Gasteiger partial charge in [0.05, 0.1) is 0 Å². The lowest BCUT2D eigenvalue weighted by atomic mass is 10.3. The summed E-state index contributed by atoms with van der Waals surface area (Å²) in [5, 5.41) is 0. The maximum atomic E-state index is 5.02. The molecule has 1 heteroatoms. The Hall–Kier alpha value is -0.980. The molecule has 38 valence electrons. The van der Waals surface area contributed by atoms with Gasteiger partial charge >= 0.3 is 0 Å². The van der Waals surface area contributed by atoms with Gasteiger partial charge in [0, 0.05) is 0 Å². The summed E-state index contributed by atoms with van der Waals surface area (Å²) in [7, 11) is 0. The fraction of sp³-hybridized carbons (Fsp3) is 0. The molecule has 0 saturated carbocycles. The fourth-order valence-corrected chi connectivity index (χ4v) is 0.192. The van der Waals surface area contributed by atoms with Crippen LogP contribution in [0.25, 0.3) is 0 Å². The van der Waals surface area contributed by atoms with Crippen LogP contribution in [0.3, 0.4) is 0 Å². The Morgan fingerprint density at radius 1 is 1.57 bits per heavy atom. The largest absolute Gasteiger partial charge is 0.405 e. The SMILES string of the molecule is C=CC(=C)/C=C\N. The average Bonchev–Trinajstić information content (AvgIpc) is 1.68. The molecule has 0 saturated heterocycles. The van der Waals surface area contributed by atoms with Crippen LogP contribution in [0.4, 0.5) is 0 Å². The van der Waals surface area contributed by atoms with Gasteiger partial charge < -0.3 is 5.73 Å². The van der Waals surface area contributed by atoms with Crippen molar-refractivity contribution in [3.05, 3.63) is 37.1 Å². The third-order valence-corrected chi connectivity index (χ3v) is 0.572. The molecule has 0 atom stereocenters. The topological polar surface area (TPSA) is 26.0 Å². The smallest absolute Gasteiger partial charge is 0.00566 e.